The second kappa shape index (κ2) is 3.97. The van der Waals surface area contributed by atoms with Crippen LogP contribution in [0.4, 0.5) is 0 Å². The summed E-state index contributed by atoms with van der Waals surface area (Å²) in [7, 11) is 0. The third-order valence-electron chi connectivity index (χ3n) is 3.12. The molecule has 0 unspecified atom stereocenters. The molecular formula is C11H17NO. The van der Waals surface area contributed by atoms with Crippen LogP contribution in [0.25, 0.3) is 0 Å². The molecule has 0 amide bonds. The van der Waals surface area contributed by atoms with Gasteiger partial charge in [-0.15, -0.1) is 0 Å². The largest absolute Gasteiger partial charge is 0.396 e. The highest BCUT2D eigenvalue weighted by molar-refractivity contribution is 4.94. The highest BCUT2D eigenvalue weighted by Crippen LogP contribution is 2.31. The summed E-state index contributed by atoms with van der Waals surface area (Å²) >= 11 is 0. The van der Waals surface area contributed by atoms with E-state index in [0.717, 1.165) is 0 Å². The monoisotopic (exact) mass is 179 g/mol. The molecular weight excluding hydrogens is 162 g/mol. The van der Waals surface area contributed by atoms with E-state index >= 15 is 0 Å². The summed E-state index contributed by atoms with van der Waals surface area (Å²) in [5, 5.41) is 9.00. The Labute approximate surface area is 79.2 Å². The minimum atomic E-state index is 0.373. The molecule has 1 aromatic rings. The van der Waals surface area contributed by atoms with Crippen LogP contribution in [-0.4, -0.2) is 16.3 Å². The topological polar surface area (TPSA) is 25.2 Å². The molecule has 1 aromatic heterocycles. The molecule has 1 N–H and O–H groups in total. The molecule has 0 aromatic carbocycles. The number of nitrogens with zero attached hydrogens (tertiary/aromatic N) is 1. The minimum absolute atomic E-state index is 0.373. The van der Waals surface area contributed by atoms with Crippen molar-refractivity contribution < 1.29 is 5.11 Å². The Morgan fingerprint density at radius 2 is 1.69 bits per heavy atom. The summed E-state index contributed by atoms with van der Waals surface area (Å²) in [4.78, 5) is 0. The van der Waals surface area contributed by atoms with Crippen molar-refractivity contribution in [2.45, 2.75) is 31.7 Å². The molecule has 0 saturated heterocycles. The fourth-order valence-corrected chi connectivity index (χ4v) is 2.22. The Hall–Kier alpha value is -0.760. The normalized spacial score (nSPS) is 29.0. The Bertz CT molecular complexity index is 235. The van der Waals surface area contributed by atoms with Gasteiger partial charge < -0.3 is 9.67 Å². The van der Waals surface area contributed by atoms with Gasteiger partial charge in [-0.3, -0.25) is 0 Å². The molecule has 1 fully saturated rings. The maximum atomic E-state index is 9.00. The lowest BCUT2D eigenvalue weighted by Gasteiger charge is -2.28. The molecule has 0 atom stereocenters. The van der Waals surface area contributed by atoms with E-state index in [2.05, 4.69) is 29.1 Å². The van der Waals surface area contributed by atoms with Crippen LogP contribution in [0.3, 0.4) is 0 Å². The summed E-state index contributed by atoms with van der Waals surface area (Å²) in [5.41, 5.74) is 0. The van der Waals surface area contributed by atoms with Gasteiger partial charge in [0.25, 0.3) is 0 Å². The minimum Gasteiger partial charge on any atom is -0.396 e. The van der Waals surface area contributed by atoms with Gasteiger partial charge in [-0.25, -0.2) is 0 Å². The van der Waals surface area contributed by atoms with E-state index in [-0.39, 0.29) is 0 Å². The summed E-state index contributed by atoms with van der Waals surface area (Å²) in [5.74, 6) is 0.562. The Balaban J connectivity index is 1.92. The van der Waals surface area contributed by atoms with Crippen LogP contribution >= 0.6 is 0 Å². The van der Waals surface area contributed by atoms with Gasteiger partial charge in [-0.2, -0.15) is 0 Å². The molecule has 0 bridgehead atoms. The Kier molecular flexibility index (Phi) is 2.69. The zero-order valence-corrected chi connectivity index (χ0v) is 7.89. The lowest BCUT2D eigenvalue weighted by Crippen LogP contribution is -2.19. The van der Waals surface area contributed by atoms with Crippen molar-refractivity contribution in [3.8, 4) is 0 Å². The van der Waals surface area contributed by atoms with E-state index in [9.17, 15) is 0 Å². The highest BCUT2D eigenvalue weighted by Gasteiger charge is 2.20. The van der Waals surface area contributed by atoms with E-state index in [1.54, 1.807) is 0 Å². The average Bonchev–Trinajstić information content (AvgIpc) is 2.71. The van der Waals surface area contributed by atoms with Gasteiger partial charge in [-0.1, -0.05) is 0 Å². The number of aromatic nitrogens is 1. The summed E-state index contributed by atoms with van der Waals surface area (Å²) in [6, 6.07) is 4.84. The summed E-state index contributed by atoms with van der Waals surface area (Å²) in [6.45, 7) is 0.373. The molecule has 1 saturated carbocycles. The quantitative estimate of drug-likeness (QED) is 0.739. The van der Waals surface area contributed by atoms with E-state index in [1.165, 1.54) is 25.7 Å². The molecule has 0 aliphatic heterocycles. The van der Waals surface area contributed by atoms with E-state index in [1.807, 2.05) is 0 Å². The molecule has 0 spiro atoms. The van der Waals surface area contributed by atoms with Gasteiger partial charge in [0.05, 0.1) is 0 Å². The number of aliphatic hydroxyl groups is 1. The molecule has 2 nitrogen and oxygen atoms in total. The van der Waals surface area contributed by atoms with Crippen molar-refractivity contribution in [1.82, 2.24) is 4.57 Å². The first kappa shape index (κ1) is 8.82. The van der Waals surface area contributed by atoms with Crippen LogP contribution in [-0.2, 0) is 0 Å². The van der Waals surface area contributed by atoms with Crippen LogP contribution in [0.1, 0.15) is 31.7 Å². The summed E-state index contributed by atoms with van der Waals surface area (Å²) in [6.07, 6.45) is 9.09. The predicted molar refractivity (Wildman–Crippen MR) is 52.5 cm³/mol. The van der Waals surface area contributed by atoms with Gasteiger partial charge in [0, 0.05) is 25.0 Å². The Morgan fingerprint density at radius 3 is 2.23 bits per heavy atom. The van der Waals surface area contributed by atoms with Crippen LogP contribution in [0.5, 0.6) is 0 Å². The van der Waals surface area contributed by atoms with Gasteiger partial charge in [0.1, 0.15) is 0 Å². The highest BCUT2D eigenvalue weighted by atomic mass is 16.3. The average molecular weight is 179 g/mol. The smallest absolute Gasteiger partial charge is 0.0459 e. The number of hydrogen-bond acceptors (Lipinski definition) is 1. The van der Waals surface area contributed by atoms with Crippen molar-refractivity contribution in [2.24, 2.45) is 5.92 Å². The fourth-order valence-electron chi connectivity index (χ4n) is 2.22. The molecule has 72 valence electrons. The predicted octanol–water partition coefficient (Wildman–Crippen LogP) is 2.21. The van der Waals surface area contributed by atoms with Gasteiger partial charge in [0.15, 0.2) is 0 Å². The standard InChI is InChI=1S/C11H17NO/c13-9-10-3-5-11(6-4-10)12-7-1-2-8-12/h1-2,7-8,10-11,13H,3-6,9H2. The first-order valence-electron chi connectivity index (χ1n) is 5.13. The lowest BCUT2D eigenvalue weighted by molar-refractivity contribution is 0.169. The van der Waals surface area contributed by atoms with Crippen LogP contribution in [0.15, 0.2) is 24.5 Å². The number of hydrogen-bond donors (Lipinski definition) is 1. The van der Waals surface area contributed by atoms with Crippen molar-refractivity contribution in [3.05, 3.63) is 24.5 Å². The molecule has 1 aliphatic rings. The lowest BCUT2D eigenvalue weighted by atomic mass is 9.86. The third-order valence-corrected chi connectivity index (χ3v) is 3.12. The number of aliphatic hydroxyl groups excluding tert-OH is 1. The van der Waals surface area contributed by atoms with Crippen molar-refractivity contribution in [3.63, 3.8) is 0 Å². The van der Waals surface area contributed by atoms with Gasteiger partial charge in [-0.05, 0) is 43.7 Å². The first-order valence-corrected chi connectivity index (χ1v) is 5.13. The zero-order valence-electron chi connectivity index (χ0n) is 7.89. The maximum Gasteiger partial charge on any atom is 0.0459 e. The molecule has 2 heteroatoms. The van der Waals surface area contributed by atoms with E-state index in [4.69, 9.17) is 5.11 Å². The molecule has 1 heterocycles. The van der Waals surface area contributed by atoms with Crippen molar-refractivity contribution >= 4 is 0 Å². The number of rotatable bonds is 2. The third kappa shape index (κ3) is 1.94. The SMILES string of the molecule is OCC1CCC(n2cccc2)CC1. The van der Waals surface area contributed by atoms with Crippen LogP contribution < -0.4 is 0 Å². The Morgan fingerprint density at radius 1 is 1.08 bits per heavy atom. The molecule has 2 rings (SSSR count). The van der Waals surface area contributed by atoms with Crippen LogP contribution in [0.2, 0.25) is 0 Å². The van der Waals surface area contributed by atoms with E-state index in [0.29, 0.717) is 18.6 Å². The molecule has 0 radical (unpaired) electrons. The van der Waals surface area contributed by atoms with Crippen molar-refractivity contribution in [2.75, 3.05) is 6.61 Å². The van der Waals surface area contributed by atoms with Gasteiger partial charge in [0.2, 0.25) is 0 Å². The fraction of sp³-hybridized carbons (Fsp3) is 0.636. The maximum absolute atomic E-state index is 9.00. The van der Waals surface area contributed by atoms with Crippen molar-refractivity contribution in [1.29, 1.82) is 0 Å². The zero-order chi connectivity index (χ0) is 9.10. The molecule has 13 heavy (non-hydrogen) atoms. The second-order valence-corrected chi connectivity index (χ2v) is 3.99. The molecule has 1 aliphatic carbocycles. The second-order valence-electron chi connectivity index (χ2n) is 3.99. The first-order chi connectivity index (χ1) is 6.40. The van der Waals surface area contributed by atoms with Gasteiger partial charge >= 0.3 is 0 Å². The van der Waals surface area contributed by atoms with E-state index < -0.39 is 0 Å². The summed E-state index contributed by atoms with van der Waals surface area (Å²) < 4.78 is 2.30. The van der Waals surface area contributed by atoms with Crippen LogP contribution in [0, 0.1) is 5.92 Å².